The molecule has 0 amide bonds. The van der Waals surface area contributed by atoms with Crippen LogP contribution in [-0.4, -0.2) is 6.61 Å². The molecule has 2 heteroatoms. The topological polar surface area (TPSA) is 35.2 Å². The van der Waals surface area contributed by atoms with Gasteiger partial charge in [-0.3, -0.25) is 0 Å². The lowest BCUT2D eigenvalue weighted by Crippen LogP contribution is -1.97. The van der Waals surface area contributed by atoms with Gasteiger partial charge < -0.3 is 10.5 Å². The van der Waals surface area contributed by atoms with Crippen LogP contribution < -0.4 is 10.5 Å². The van der Waals surface area contributed by atoms with E-state index in [1.807, 2.05) is 48.5 Å². The number of hydrogen-bond acceptors (Lipinski definition) is 2. The normalized spacial score (nSPS) is 9.39. The van der Waals surface area contributed by atoms with Gasteiger partial charge in [0.15, 0.2) is 0 Å². The minimum absolute atomic E-state index is 0.335. The van der Waals surface area contributed by atoms with E-state index in [2.05, 4.69) is 18.8 Å². The Morgan fingerprint density at radius 1 is 1.06 bits per heavy atom. The third kappa shape index (κ3) is 3.29. The molecule has 0 unspecified atom stereocenters. The molecule has 0 spiro atoms. The van der Waals surface area contributed by atoms with Crippen molar-refractivity contribution >= 4 is 5.69 Å². The summed E-state index contributed by atoms with van der Waals surface area (Å²) in [5, 5.41) is 0. The van der Waals surface area contributed by atoms with E-state index in [0.717, 1.165) is 5.56 Å². The lowest BCUT2D eigenvalue weighted by Gasteiger charge is -2.04. The highest BCUT2D eigenvalue weighted by Crippen LogP contribution is 2.19. The van der Waals surface area contributed by atoms with E-state index in [-0.39, 0.29) is 0 Å². The van der Waals surface area contributed by atoms with E-state index in [0.29, 0.717) is 18.0 Å². The van der Waals surface area contributed by atoms with Crippen molar-refractivity contribution in [1.82, 2.24) is 0 Å². The van der Waals surface area contributed by atoms with Gasteiger partial charge >= 0.3 is 0 Å². The highest BCUT2D eigenvalue weighted by molar-refractivity contribution is 5.51. The molecule has 0 aliphatic rings. The van der Waals surface area contributed by atoms with Gasteiger partial charge in [-0.1, -0.05) is 41.7 Å². The zero-order chi connectivity index (χ0) is 12.8. The van der Waals surface area contributed by atoms with Crippen molar-refractivity contribution in [2.45, 2.75) is 6.92 Å². The molecule has 0 bridgehead atoms. The summed E-state index contributed by atoms with van der Waals surface area (Å²) < 4.78 is 5.48. The molecule has 2 aromatic rings. The number of ether oxygens (including phenoxy) is 1. The van der Waals surface area contributed by atoms with E-state index < -0.39 is 0 Å². The van der Waals surface area contributed by atoms with Crippen molar-refractivity contribution < 1.29 is 4.74 Å². The molecule has 18 heavy (non-hydrogen) atoms. The van der Waals surface area contributed by atoms with E-state index in [1.54, 1.807) is 0 Å². The van der Waals surface area contributed by atoms with Gasteiger partial charge in [0.25, 0.3) is 0 Å². The van der Waals surface area contributed by atoms with Crippen molar-refractivity contribution in [3.8, 4) is 17.6 Å². The van der Waals surface area contributed by atoms with Crippen LogP contribution >= 0.6 is 0 Å². The second-order valence-corrected chi connectivity index (χ2v) is 3.99. The molecule has 2 nitrogen and oxygen atoms in total. The molecule has 90 valence electrons. The Kier molecular flexibility index (Phi) is 3.88. The van der Waals surface area contributed by atoms with Crippen LogP contribution in [0.15, 0.2) is 48.5 Å². The Morgan fingerprint density at radius 3 is 2.50 bits per heavy atom. The van der Waals surface area contributed by atoms with Crippen LogP contribution in [0.25, 0.3) is 0 Å². The van der Waals surface area contributed by atoms with Gasteiger partial charge in [-0.2, -0.15) is 0 Å². The lowest BCUT2D eigenvalue weighted by molar-refractivity contribution is 0.372. The average molecular weight is 237 g/mol. The van der Waals surface area contributed by atoms with E-state index in [1.165, 1.54) is 5.56 Å². The zero-order valence-electron chi connectivity index (χ0n) is 10.3. The molecule has 0 aliphatic heterocycles. The number of hydrogen-bond donors (Lipinski definition) is 1. The van der Waals surface area contributed by atoms with Crippen molar-refractivity contribution in [3.63, 3.8) is 0 Å². The summed E-state index contributed by atoms with van der Waals surface area (Å²) in [6.45, 7) is 2.39. The van der Waals surface area contributed by atoms with Crippen LogP contribution in [0.2, 0.25) is 0 Å². The molecule has 0 aliphatic carbocycles. The fourth-order valence-electron chi connectivity index (χ4n) is 1.50. The van der Waals surface area contributed by atoms with E-state index in [9.17, 15) is 0 Å². The van der Waals surface area contributed by atoms with Gasteiger partial charge in [-0.25, -0.2) is 0 Å². The molecule has 0 radical (unpaired) electrons. The Balaban J connectivity index is 1.93. The molecule has 0 heterocycles. The van der Waals surface area contributed by atoms with Crippen LogP contribution in [0.4, 0.5) is 5.69 Å². The van der Waals surface area contributed by atoms with Crippen molar-refractivity contribution in [3.05, 3.63) is 59.7 Å². The van der Waals surface area contributed by atoms with Crippen molar-refractivity contribution in [2.75, 3.05) is 12.3 Å². The number of aryl methyl sites for hydroxylation is 1. The number of para-hydroxylation sites is 2. The second-order valence-electron chi connectivity index (χ2n) is 3.99. The molecule has 0 aromatic heterocycles. The van der Waals surface area contributed by atoms with Gasteiger partial charge in [0.05, 0.1) is 5.69 Å². The predicted molar refractivity (Wildman–Crippen MR) is 74.4 cm³/mol. The summed E-state index contributed by atoms with van der Waals surface area (Å²) in [5.41, 5.74) is 8.61. The lowest BCUT2D eigenvalue weighted by atomic mass is 10.2. The van der Waals surface area contributed by atoms with Crippen molar-refractivity contribution in [2.24, 2.45) is 0 Å². The standard InChI is InChI=1S/C16H15NO/c1-13-8-10-14(11-9-13)5-4-12-18-16-7-3-2-6-15(16)17/h2-3,6-11H,12,17H2,1H3. The first kappa shape index (κ1) is 12.1. The van der Waals surface area contributed by atoms with Crippen LogP contribution in [-0.2, 0) is 0 Å². The first-order valence-electron chi connectivity index (χ1n) is 5.78. The van der Waals surface area contributed by atoms with Crippen LogP contribution in [0, 0.1) is 18.8 Å². The Hall–Kier alpha value is -2.40. The summed E-state index contributed by atoms with van der Waals surface area (Å²) >= 11 is 0. The third-order valence-electron chi connectivity index (χ3n) is 2.50. The van der Waals surface area contributed by atoms with Gasteiger partial charge in [0, 0.05) is 5.56 Å². The van der Waals surface area contributed by atoms with Crippen LogP contribution in [0.3, 0.4) is 0 Å². The average Bonchev–Trinajstić information content (AvgIpc) is 2.39. The maximum absolute atomic E-state index is 5.76. The van der Waals surface area contributed by atoms with Gasteiger partial charge in [-0.05, 0) is 31.2 Å². The SMILES string of the molecule is Cc1ccc(C#CCOc2ccccc2N)cc1. The monoisotopic (exact) mass is 237 g/mol. The maximum atomic E-state index is 5.76. The van der Waals surface area contributed by atoms with E-state index >= 15 is 0 Å². The minimum atomic E-state index is 0.335. The Bertz CT molecular complexity index is 576. The Labute approximate surface area is 107 Å². The number of nitrogen functional groups attached to an aromatic ring is 1. The largest absolute Gasteiger partial charge is 0.479 e. The number of nitrogens with two attached hydrogens (primary N) is 1. The summed E-state index contributed by atoms with van der Waals surface area (Å²) in [6.07, 6.45) is 0. The number of anilines is 1. The quantitative estimate of drug-likeness (QED) is 0.643. The van der Waals surface area contributed by atoms with Crippen LogP contribution in [0.5, 0.6) is 5.75 Å². The fraction of sp³-hybridized carbons (Fsp3) is 0.125. The summed E-state index contributed by atoms with van der Waals surface area (Å²) in [4.78, 5) is 0. The first-order valence-corrected chi connectivity index (χ1v) is 5.78. The van der Waals surface area contributed by atoms with Crippen LogP contribution in [0.1, 0.15) is 11.1 Å². The Morgan fingerprint density at radius 2 is 1.78 bits per heavy atom. The smallest absolute Gasteiger partial charge is 0.149 e. The minimum Gasteiger partial charge on any atom is -0.479 e. The molecule has 2 N–H and O–H groups in total. The molecule has 2 aromatic carbocycles. The summed E-state index contributed by atoms with van der Waals surface area (Å²) in [7, 11) is 0. The fourth-order valence-corrected chi connectivity index (χ4v) is 1.50. The highest BCUT2D eigenvalue weighted by Gasteiger charge is 1.95. The number of rotatable bonds is 2. The highest BCUT2D eigenvalue weighted by atomic mass is 16.5. The first-order chi connectivity index (χ1) is 8.75. The molecule has 0 saturated heterocycles. The van der Waals surface area contributed by atoms with Gasteiger partial charge in [0.1, 0.15) is 12.4 Å². The van der Waals surface area contributed by atoms with Gasteiger partial charge in [-0.15, -0.1) is 0 Å². The molecular weight excluding hydrogens is 222 g/mol. The van der Waals surface area contributed by atoms with E-state index in [4.69, 9.17) is 10.5 Å². The molecule has 0 saturated carbocycles. The zero-order valence-corrected chi connectivity index (χ0v) is 10.3. The third-order valence-corrected chi connectivity index (χ3v) is 2.50. The molecule has 2 rings (SSSR count). The molecule has 0 atom stereocenters. The predicted octanol–water partition coefficient (Wildman–Crippen LogP) is 3.01. The maximum Gasteiger partial charge on any atom is 0.149 e. The summed E-state index contributed by atoms with van der Waals surface area (Å²) in [5.74, 6) is 6.69. The second kappa shape index (κ2) is 5.79. The van der Waals surface area contributed by atoms with Gasteiger partial charge in [0.2, 0.25) is 0 Å². The molecule has 0 fully saturated rings. The molecular formula is C16H15NO. The van der Waals surface area contributed by atoms with Crippen molar-refractivity contribution in [1.29, 1.82) is 0 Å². The number of benzene rings is 2. The summed E-state index contributed by atoms with van der Waals surface area (Å²) in [6, 6.07) is 15.5.